The first-order chi connectivity index (χ1) is 18.6. The van der Waals surface area contributed by atoms with Crippen LogP contribution >= 0.6 is 11.6 Å². The minimum absolute atomic E-state index is 0.0795. The van der Waals surface area contributed by atoms with E-state index >= 15 is 0 Å². The van der Waals surface area contributed by atoms with Crippen LogP contribution in [0, 0.1) is 6.92 Å². The molecule has 0 unspecified atom stereocenters. The zero-order valence-electron chi connectivity index (χ0n) is 22.6. The van der Waals surface area contributed by atoms with E-state index in [2.05, 4.69) is 5.32 Å². The van der Waals surface area contributed by atoms with E-state index in [1.807, 2.05) is 68.4 Å². The number of nitrogens with zero attached hydrogens (tertiary/aromatic N) is 2. The third kappa shape index (κ3) is 8.83. The van der Waals surface area contributed by atoms with E-state index in [0.29, 0.717) is 30.1 Å². The van der Waals surface area contributed by atoms with E-state index < -0.39 is 16.1 Å². The van der Waals surface area contributed by atoms with Crippen molar-refractivity contribution in [2.75, 3.05) is 23.7 Å². The second-order valence-electron chi connectivity index (χ2n) is 9.47. The zero-order valence-corrected chi connectivity index (χ0v) is 24.2. The van der Waals surface area contributed by atoms with Gasteiger partial charge in [-0.1, -0.05) is 72.3 Å². The summed E-state index contributed by atoms with van der Waals surface area (Å²) in [6.45, 7) is 4.50. The molecule has 0 saturated heterocycles. The highest BCUT2D eigenvalue weighted by atomic mass is 35.5. The monoisotopic (exact) mass is 569 g/mol. The van der Waals surface area contributed by atoms with Crippen LogP contribution in [-0.2, 0) is 32.6 Å². The summed E-state index contributed by atoms with van der Waals surface area (Å²) < 4.78 is 26.5. The van der Waals surface area contributed by atoms with Crippen LogP contribution in [0.2, 0.25) is 5.02 Å². The summed E-state index contributed by atoms with van der Waals surface area (Å²) in [4.78, 5) is 28.6. The molecule has 1 atom stereocenters. The number of halogens is 1. The Labute approximate surface area is 236 Å². The van der Waals surface area contributed by atoms with Crippen LogP contribution < -0.4 is 9.62 Å². The number of sulfonamides is 1. The van der Waals surface area contributed by atoms with Gasteiger partial charge >= 0.3 is 0 Å². The van der Waals surface area contributed by atoms with Crippen LogP contribution in [0.5, 0.6) is 0 Å². The molecule has 3 rings (SSSR count). The first-order valence-corrected chi connectivity index (χ1v) is 15.2. The van der Waals surface area contributed by atoms with Crippen molar-refractivity contribution in [1.82, 2.24) is 10.2 Å². The van der Waals surface area contributed by atoms with Gasteiger partial charge in [-0.05, 0) is 55.2 Å². The summed E-state index contributed by atoms with van der Waals surface area (Å²) >= 11 is 6.07. The number of carbonyl (C=O) groups is 2. The number of likely N-dealkylation sites (N-methyl/N-ethyl adjacent to an activating group) is 1. The molecule has 208 valence electrons. The van der Waals surface area contributed by atoms with E-state index in [1.165, 1.54) is 10.6 Å². The molecule has 0 fully saturated rings. The summed E-state index contributed by atoms with van der Waals surface area (Å²) in [5.74, 6) is -0.461. The average Bonchev–Trinajstić information content (AvgIpc) is 2.90. The molecule has 0 aliphatic heterocycles. The van der Waals surface area contributed by atoms with Crippen LogP contribution in [0.15, 0.2) is 78.9 Å². The van der Waals surface area contributed by atoms with Crippen LogP contribution in [0.3, 0.4) is 0 Å². The van der Waals surface area contributed by atoms with Crippen LogP contribution in [-0.4, -0.2) is 50.5 Å². The molecule has 0 heterocycles. The number of aryl methyl sites for hydroxylation is 1. The zero-order chi connectivity index (χ0) is 28.4. The topological polar surface area (TPSA) is 86.8 Å². The first-order valence-electron chi connectivity index (χ1n) is 13.0. The predicted molar refractivity (Wildman–Crippen MR) is 157 cm³/mol. The van der Waals surface area contributed by atoms with Crippen molar-refractivity contribution in [3.63, 3.8) is 0 Å². The number of benzene rings is 3. The molecule has 7 nitrogen and oxygen atoms in total. The van der Waals surface area contributed by atoms with Crippen molar-refractivity contribution in [2.45, 2.75) is 45.7 Å². The van der Waals surface area contributed by atoms with Crippen molar-refractivity contribution in [3.05, 3.63) is 101 Å². The smallest absolute Gasteiger partial charge is 0.243 e. The Kier molecular flexibility index (Phi) is 10.9. The van der Waals surface area contributed by atoms with Gasteiger partial charge in [-0.15, -0.1) is 0 Å². The molecular weight excluding hydrogens is 534 g/mol. The summed E-state index contributed by atoms with van der Waals surface area (Å²) in [7, 11) is -3.56. The van der Waals surface area contributed by atoms with Gasteiger partial charge in [0.1, 0.15) is 6.04 Å². The number of hydrogen-bond donors (Lipinski definition) is 1. The van der Waals surface area contributed by atoms with Crippen LogP contribution in [0.4, 0.5) is 5.69 Å². The second kappa shape index (κ2) is 14.1. The highest BCUT2D eigenvalue weighted by Gasteiger charge is 2.30. The number of amides is 2. The number of para-hydroxylation sites is 1. The molecule has 0 radical (unpaired) electrons. The summed E-state index contributed by atoms with van der Waals surface area (Å²) in [5, 5.41) is 3.46. The van der Waals surface area contributed by atoms with E-state index in [-0.39, 0.29) is 31.3 Å². The Balaban J connectivity index is 1.86. The second-order valence-corrected chi connectivity index (χ2v) is 11.8. The molecule has 3 aromatic carbocycles. The van der Waals surface area contributed by atoms with Gasteiger partial charge in [0, 0.05) is 37.5 Å². The van der Waals surface area contributed by atoms with E-state index in [4.69, 9.17) is 11.6 Å². The SMILES string of the molecule is CCNC(=O)[C@H](Cc1ccccc1)N(Cc1ccc(Cl)cc1)C(=O)CCCN(c1ccccc1C)S(C)(=O)=O. The van der Waals surface area contributed by atoms with Gasteiger partial charge in [-0.2, -0.15) is 0 Å². The maximum atomic E-state index is 13.7. The Morgan fingerprint density at radius 1 is 0.923 bits per heavy atom. The lowest BCUT2D eigenvalue weighted by Crippen LogP contribution is -2.50. The normalized spacial score (nSPS) is 12.0. The van der Waals surface area contributed by atoms with Crippen LogP contribution in [0.25, 0.3) is 0 Å². The molecule has 39 heavy (non-hydrogen) atoms. The number of anilines is 1. The average molecular weight is 570 g/mol. The van der Waals surface area contributed by atoms with Crippen molar-refractivity contribution in [2.24, 2.45) is 0 Å². The van der Waals surface area contributed by atoms with Gasteiger partial charge in [0.15, 0.2) is 0 Å². The number of nitrogens with one attached hydrogen (secondary N) is 1. The van der Waals surface area contributed by atoms with Crippen molar-refractivity contribution in [1.29, 1.82) is 0 Å². The molecular formula is C30H36ClN3O4S. The summed E-state index contributed by atoms with van der Waals surface area (Å²) in [5.41, 5.74) is 3.20. The molecule has 0 bridgehead atoms. The van der Waals surface area contributed by atoms with E-state index in [0.717, 1.165) is 16.7 Å². The molecule has 3 aromatic rings. The number of rotatable bonds is 13. The van der Waals surface area contributed by atoms with Crippen molar-refractivity contribution < 1.29 is 18.0 Å². The molecule has 0 spiro atoms. The lowest BCUT2D eigenvalue weighted by atomic mass is 10.0. The third-order valence-corrected chi connectivity index (χ3v) is 7.86. The molecule has 0 aliphatic carbocycles. The molecule has 2 amide bonds. The quantitative estimate of drug-likeness (QED) is 0.315. The van der Waals surface area contributed by atoms with Gasteiger partial charge in [0.2, 0.25) is 21.8 Å². The third-order valence-electron chi connectivity index (χ3n) is 6.42. The van der Waals surface area contributed by atoms with Crippen molar-refractivity contribution in [3.8, 4) is 0 Å². The van der Waals surface area contributed by atoms with Gasteiger partial charge in [-0.25, -0.2) is 8.42 Å². The Morgan fingerprint density at radius 3 is 2.18 bits per heavy atom. The molecule has 0 aromatic heterocycles. The fraction of sp³-hybridized carbons (Fsp3) is 0.333. The van der Waals surface area contributed by atoms with Crippen LogP contribution in [0.1, 0.15) is 36.5 Å². The van der Waals surface area contributed by atoms with E-state index in [1.54, 1.807) is 29.2 Å². The maximum Gasteiger partial charge on any atom is 0.243 e. The van der Waals surface area contributed by atoms with Gasteiger partial charge in [0.05, 0.1) is 11.9 Å². The molecule has 0 aliphatic rings. The Hall–Kier alpha value is -3.36. The minimum atomic E-state index is -3.56. The standard InChI is InChI=1S/C30H36ClN3O4S/c1-4-32-30(36)28(21-24-12-6-5-7-13-24)33(22-25-16-18-26(31)19-17-25)29(35)15-10-20-34(39(3,37)38)27-14-9-8-11-23(27)2/h5-9,11-14,16-19,28H,4,10,15,20-22H2,1-3H3,(H,32,36)/t28-/m0/s1. The highest BCUT2D eigenvalue weighted by Crippen LogP contribution is 2.23. The number of carbonyl (C=O) groups excluding carboxylic acids is 2. The highest BCUT2D eigenvalue weighted by molar-refractivity contribution is 7.92. The molecule has 9 heteroatoms. The Morgan fingerprint density at radius 2 is 1.56 bits per heavy atom. The van der Waals surface area contributed by atoms with Gasteiger partial charge in [0.25, 0.3) is 0 Å². The molecule has 1 N–H and O–H groups in total. The lowest BCUT2D eigenvalue weighted by Gasteiger charge is -2.32. The summed E-state index contributed by atoms with van der Waals surface area (Å²) in [6, 6.07) is 23.3. The molecule has 0 saturated carbocycles. The largest absolute Gasteiger partial charge is 0.355 e. The minimum Gasteiger partial charge on any atom is -0.355 e. The van der Waals surface area contributed by atoms with Gasteiger partial charge < -0.3 is 10.2 Å². The lowest BCUT2D eigenvalue weighted by molar-refractivity contribution is -0.141. The maximum absolute atomic E-state index is 13.7. The Bertz CT molecular complexity index is 1350. The number of hydrogen-bond acceptors (Lipinski definition) is 4. The fourth-order valence-electron chi connectivity index (χ4n) is 4.46. The predicted octanol–water partition coefficient (Wildman–Crippen LogP) is 4.97. The first kappa shape index (κ1) is 30.2. The van der Waals surface area contributed by atoms with Gasteiger partial charge in [-0.3, -0.25) is 13.9 Å². The summed E-state index contributed by atoms with van der Waals surface area (Å²) in [6.07, 6.45) is 1.89. The van der Waals surface area contributed by atoms with E-state index in [9.17, 15) is 18.0 Å². The van der Waals surface area contributed by atoms with Crippen molar-refractivity contribution >= 4 is 39.1 Å². The fourth-order valence-corrected chi connectivity index (χ4v) is 5.61.